The van der Waals surface area contributed by atoms with Crippen molar-refractivity contribution in [2.45, 2.75) is 39.2 Å². The Labute approximate surface area is 138 Å². The number of hydrogen-bond donors (Lipinski definition) is 1. The second-order valence-corrected chi connectivity index (χ2v) is 7.14. The highest BCUT2D eigenvalue weighted by Crippen LogP contribution is 2.34. The van der Waals surface area contributed by atoms with Crippen molar-refractivity contribution in [3.05, 3.63) is 44.4 Å². The Morgan fingerprint density at radius 1 is 1.35 bits per heavy atom. The minimum absolute atomic E-state index is 0.0486. The van der Waals surface area contributed by atoms with Crippen LogP contribution in [-0.2, 0) is 26.4 Å². The van der Waals surface area contributed by atoms with Crippen LogP contribution < -0.4 is 10.9 Å². The van der Waals surface area contributed by atoms with E-state index in [0.717, 1.165) is 34.6 Å². The number of furan rings is 1. The smallest absolute Gasteiger partial charge is 0.263 e. The zero-order chi connectivity index (χ0) is 16.0. The lowest BCUT2D eigenvalue weighted by molar-refractivity contribution is 0.489. The van der Waals surface area contributed by atoms with Crippen LogP contribution in [0.15, 0.2) is 21.3 Å². The highest BCUT2D eigenvalue weighted by atomic mass is 32.1. The Hall–Kier alpha value is -2.08. The fraction of sp³-hybridized carbons (Fsp3) is 0.412. The summed E-state index contributed by atoms with van der Waals surface area (Å²) in [4.78, 5) is 19.7. The van der Waals surface area contributed by atoms with Gasteiger partial charge in [0.2, 0.25) is 5.95 Å². The molecule has 0 radical (unpaired) electrons. The molecule has 5 nitrogen and oxygen atoms in total. The van der Waals surface area contributed by atoms with Crippen LogP contribution in [0.25, 0.3) is 10.2 Å². The first-order chi connectivity index (χ1) is 11.1. The molecule has 1 aliphatic rings. The van der Waals surface area contributed by atoms with Gasteiger partial charge in [0, 0.05) is 11.9 Å². The summed E-state index contributed by atoms with van der Waals surface area (Å²) in [6.07, 6.45) is 4.46. The summed E-state index contributed by atoms with van der Waals surface area (Å²) in [7, 11) is 1.78. The number of anilines is 1. The van der Waals surface area contributed by atoms with Gasteiger partial charge in [-0.2, -0.15) is 0 Å². The normalized spacial score (nSPS) is 14.2. The van der Waals surface area contributed by atoms with Crippen molar-refractivity contribution in [1.82, 2.24) is 9.55 Å². The van der Waals surface area contributed by atoms with Crippen molar-refractivity contribution < 1.29 is 4.42 Å². The number of nitrogens with zero attached hydrogens (tertiary/aromatic N) is 2. The average molecular weight is 329 g/mol. The zero-order valence-electron chi connectivity index (χ0n) is 13.3. The SMILES string of the molecule is Cc1ccc(CNc2nc3sc4c(c3c(=O)n2C)CCCC4)o1. The third kappa shape index (κ3) is 2.47. The van der Waals surface area contributed by atoms with Crippen LogP contribution >= 0.6 is 11.3 Å². The molecule has 3 aromatic rings. The van der Waals surface area contributed by atoms with Crippen LogP contribution in [0.1, 0.15) is 34.8 Å². The summed E-state index contributed by atoms with van der Waals surface area (Å²) in [6.45, 7) is 2.43. The maximum Gasteiger partial charge on any atom is 0.263 e. The van der Waals surface area contributed by atoms with E-state index in [2.05, 4.69) is 5.32 Å². The molecular formula is C17H19N3O2S. The first kappa shape index (κ1) is 14.5. The molecule has 0 saturated heterocycles. The van der Waals surface area contributed by atoms with Gasteiger partial charge in [0.1, 0.15) is 16.4 Å². The van der Waals surface area contributed by atoms with Gasteiger partial charge in [0.05, 0.1) is 11.9 Å². The van der Waals surface area contributed by atoms with E-state index in [1.165, 1.54) is 23.3 Å². The van der Waals surface area contributed by atoms with Crippen molar-refractivity contribution in [2.24, 2.45) is 7.05 Å². The van der Waals surface area contributed by atoms with E-state index in [-0.39, 0.29) is 5.56 Å². The Morgan fingerprint density at radius 2 is 2.17 bits per heavy atom. The molecule has 0 bridgehead atoms. The number of nitrogens with one attached hydrogen (secondary N) is 1. The molecule has 0 aromatic carbocycles. The maximum absolute atomic E-state index is 12.8. The summed E-state index contributed by atoms with van der Waals surface area (Å²) >= 11 is 1.67. The molecule has 1 aliphatic carbocycles. The van der Waals surface area contributed by atoms with Gasteiger partial charge in [-0.25, -0.2) is 4.98 Å². The molecule has 0 aliphatic heterocycles. The fourth-order valence-electron chi connectivity index (χ4n) is 3.19. The highest BCUT2D eigenvalue weighted by molar-refractivity contribution is 7.18. The van der Waals surface area contributed by atoms with E-state index in [9.17, 15) is 4.79 Å². The summed E-state index contributed by atoms with van der Waals surface area (Å²) < 4.78 is 7.16. The van der Waals surface area contributed by atoms with Crippen molar-refractivity contribution >= 4 is 27.5 Å². The second kappa shape index (κ2) is 5.53. The van der Waals surface area contributed by atoms with Gasteiger partial charge in [-0.15, -0.1) is 11.3 Å². The monoisotopic (exact) mass is 329 g/mol. The molecule has 0 unspecified atom stereocenters. The van der Waals surface area contributed by atoms with E-state index in [4.69, 9.17) is 9.40 Å². The molecular weight excluding hydrogens is 310 g/mol. The van der Waals surface area contributed by atoms with Gasteiger partial charge < -0.3 is 9.73 Å². The van der Waals surface area contributed by atoms with Crippen LogP contribution in [0.4, 0.5) is 5.95 Å². The molecule has 1 N–H and O–H groups in total. The first-order valence-electron chi connectivity index (χ1n) is 7.94. The Balaban J connectivity index is 1.73. The van der Waals surface area contributed by atoms with Crippen LogP contribution in [0.3, 0.4) is 0 Å². The van der Waals surface area contributed by atoms with Gasteiger partial charge in [-0.3, -0.25) is 9.36 Å². The van der Waals surface area contributed by atoms with Crippen LogP contribution in [0.2, 0.25) is 0 Å². The van der Waals surface area contributed by atoms with Crippen molar-refractivity contribution in [2.75, 3.05) is 5.32 Å². The lowest BCUT2D eigenvalue weighted by Gasteiger charge is -2.11. The summed E-state index contributed by atoms with van der Waals surface area (Å²) in [5.74, 6) is 2.31. The second-order valence-electron chi connectivity index (χ2n) is 6.06. The maximum atomic E-state index is 12.8. The molecule has 4 rings (SSSR count). The predicted molar refractivity (Wildman–Crippen MR) is 92.3 cm³/mol. The molecule has 0 spiro atoms. The molecule has 6 heteroatoms. The number of aromatic nitrogens is 2. The third-order valence-electron chi connectivity index (χ3n) is 4.41. The number of thiophene rings is 1. The molecule has 3 aromatic heterocycles. The van der Waals surface area contributed by atoms with Crippen LogP contribution in [0.5, 0.6) is 0 Å². The molecule has 23 heavy (non-hydrogen) atoms. The fourth-order valence-corrected chi connectivity index (χ4v) is 4.44. The molecule has 0 atom stereocenters. The van der Waals surface area contributed by atoms with Gasteiger partial charge in [0.25, 0.3) is 5.56 Å². The minimum Gasteiger partial charge on any atom is -0.465 e. The van der Waals surface area contributed by atoms with Gasteiger partial charge in [-0.05, 0) is 50.3 Å². The van der Waals surface area contributed by atoms with Crippen LogP contribution in [0, 0.1) is 6.92 Å². The number of hydrogen-bond acceptors (Lipinski definition) is 5. The van der Waals surface area contributed by atoms with Crippen LogP contribution in [-0.4, -0.2) is 9.55 Å². The lowest BCUT2D eigenvalue weighted by Crippen LogP contribution is -2.22. The molecule has 3 heterocycles. The van der Waals surface area contributed by atoms with E-state index in [0.29, 0.717) is 12.5 Å². The Kier molecular flexibility index (Phi) is 3.49. The number of fused-ring (bicyclic) bond motifs is 3. The standard InChI is InChI=1S/C17H19N3O2S/c1-10-7-8-11(22-10)9-18-17-19-15-14(16(21)20(17)2)12-5-3-4-6-13(12)23-15/h7-8H,3-6,9H2,1-2H3,(H,18,19). The quantitative estimate of drug-likeness (QED) is 0.800. The van der Waals surface area contributed by atoms with Gasteiger partial charge in [-0.1, -0.05) is 0 Å². The Bertz CT molecular complexity index is 935. The first-order valence-corrected chi connectivity index (χ1v) is 8.75. The molecule has 0 saturated carbocycles. The van der Waals surface area contributed by atoms with Crippen molar-refractivity contribution in [3.8, 4) is 0 Å². The van der Waals surface area contributed by atoms with E-state index in [1.807, 2.05) is 19.1 Å². The lowest BCUT2D eigenvalue weighted by atomic mass is 9.97. The van der Waals surface area contributed by atoms with Gasteiger partial charge in [0.15, 0.2) is 0 Å². The molecule has 0 amide bonds. The molecule has 0 fully saturated rings. The van der Waals surface area contributed by atoms with E-state index in [1.54, 1.807) is 23.0 Å². The molecule has 120 valence electrons. The highest BCUT2D eigenvalue weighted by Gasteiger charge is 2.21. The van der Waals surface area contributed by atoms with E-state index < -0.39 is 0 Å². The minimum atomic E-state index is 0.0486. The Morgan fingerprint density at radius 3 is 2.96 bits per heavy atom. The average Bonchev–Trinajstić information content (AvgIpc) is 3.12. The van der Waals surface area contributed by atoms with Crippen molar-refractivity contribution in [1.29, 1.82) is 0 Å². The summed E-state index contributed by atoms with van der Waals surface area (Å²) in [6, 6.07) is 3.86. The summed E-state index contributed by atoms with van der Waals surface area (Å²) in [5.41, 5.74) is 1.28. The number of aryl methyl sites for hydroxylation is 3. The number of rotatable bonds is 3. The third-order valence-corrected chi connectivity index (χ3v) is 5.60. The van der Waals surface area contributed by atoms with Gasteiger partial charge >= 0.3 is 0 Å². The largest absolute Gasteiger partial charge is 0.465 e. The predicted octanol–water partition coefficient (Wildman–Crippen LogP) is 3.39. The van der Waals surface area contributed by atoms with E-state index >= 15 is 0 Å². The summed E-state index contributed by atoms with van der Waals surface area (Å²) in [5, 5.41) is 4.05. The topological polar surface area (TPSA) is 60.1 Å². The van der Waals surface area contributed by atoms with Crippen molar-refractivity contribution in [3.63, 3.8) is 0 Å². The zero-order valence-corrected chi connectivity index (χ0v) is 14.1.